The van der Waals surface area contributed by atoms with E-state index < -0.39 is 11.6 Å². The summed E-state index contributed by atoms with van der Waals surface area (Å²) in [5.74, 6) is -0.439. The maximum absolute atomic E-state index is 13.4. The molecule has 1 aliphatic carbocycles. The van der Waals surface area contributed by atoms with Crippen molar-refractivity contribution in [3.8, 4) is 0 Å². The number of ether oxygens (including phenoxy) is 1. The summed E-state index contributed by atoms with van der Waals surface area (Å²) in [7, 11) is 3.63. The van der Waals surface area contributed by atoms with Crippen molar-refractivity contribution in [2.75, 3.05) is 14.2 Å². The van der Waals surface area contributed by atoms with Gasteiger partial charge in [0.15, 0.2) is 0 Å². The molecule has 1 aromatic rings. The zero-order chi connectivity index (χ0) is 15.5. The number of hydrogen-bond acceptors (Lipinski definition) is 2. The van der Waals surface area contributed by atoms with E-state index in [0.29, 0.717) is 17.9 Å². The second-order valence-corrected chi connectivity index (χ2v) is 6.29. The summed E-state index contributed by atoms with van der Waals surface area (Å²) in [6.45, 7) is 2.24. The van der Waals surface area contributed by atoms with Gasteiger partial charge in [0.1, 0.15) is 11.6 Å². The molecule has 1 saturated carbocycles. The van der Waals surface area contributed by atoms with Gasteiger partial charge in [-0.1, -0.05) is 19.8 Å². The lowest BCUT2D eigenvalue weighted by Gasteiger charge is -2.44. The maximum atomic E-state index is 13.4. The molecule has 0 aliphatic heterocycles. The summed E-state index contributed by atoms with van der Waals surface area (Å²) in [6, 6.07) is 3.77. The average Bonchev–Trinajstić information content (AvgIpc) is 2.43. The SMILES string of the molecule is CNC(Cc1cc(F)cc(F)c1)C1(OC)CCCC(C)C1. The highest BCUT2D eigenvalue weighted by Crippen LogP contribution is 2.38. The number of nitrogens with one attached hydrogen (secondary N) is 1. The van der Waals surface area contributed by atoms with E-state index in [1.807, 2.05) is 7.05 Å². The van der Waals surface area contributed by atoms with Crippen molar-refractivity contribution in [2.45, 2.75) is 50.7 Å². The van der Waals surface area contributed by atoms with Crippen molar-refractivity contribution >= 4 is 0 Å². The van der Waals surface area contributed by atoms with E-state index in [4.69, 9.17) is 4.74 Å². The Morgan fingerprint density at radius 2 is 2.00 bits per heavy atom. The van der Waals surface area contributed by atoms with Crippen LogP contribution >= 0.6 is 0 Å². The molecule has 4 heteroatoms. The molecule has 1 fully saturated rings. The summed E-state index contributed by atoms with van der Waals surface area (Å²) in [4.78, 5) is 0. The molecule has 118 valence electrons. The first-order valence-electron chi connectivity index (χ1n) is 7.66. The van der Waals surface area contributed by atoms with Gasteiger partial charge < -0.3 is 10.1 Å². The number of likely N-dealkylation sites (N-methyl/N-ethyl adjacent to an activating group) is 1. The Kier molecular flexibility index (Phi) is 5.33. The third-order valence-corrected chi connectivity index (χ3v) is 4.74. The van der Waals surface area contributed by atoms with E-state index >= 15 is 0 Å². The van der Waals surface area contributed by atoms with Gasteiger partial charge in [-0.05, 0) is 49.9 Å². The monoisotopic (exact) mass is 297 g/mol. The van der Waals surface area contributed by atoms with E-state index in [-0.39, 0.29) is 11.6 Å². The highest BCUT2D eigenvalue weighted by Gasteiger charge is 2.41. The van der Waals surface area contributed by atoms with E-state index in [1.54, 1.807) is 7.11 Å². The highest BCUT2D eigenvalue weighted by atomic mass is 19.1. The minimum atomic E-state index is -0.525. The third-order valence-electron chi connectivity index (χ3n) is 4.74. The fraction of sp³-hybridized carbons (Fsp3) is 0.647. The highest BCUT2D eigenvalue weighted by molar-refractivity contribution is 5.20. The lowest BCUT2D eigenvalue weighted by atomic mass is 9.73. The third kappa shape index (κ3) is 3.80. The van der Waals surface area contributed by atoms with Gasteiger partial charge in [0.2, 0.25) is 0 Å². The second-order valence-electron chi connectivity index (χ2n) is 6.29. The molecule has 1 aromatic carbocycles. The first-order chi connectivity index (χ1) is 9.99. The van der Waals surface area contributed by atoms with Crippen LogP contribution in [0.4, 0.5) is 8.78 Å². The number of halogens is 2. The molecule has 0 saturated heterocycles. The number of hydrogen-bond donors (Lipinski definition) is 1. The molecule has 1 N–H and O–H groups in total. The molecule has 0 amide bonds. The van der Waals surface area contributed by atoms with Gasteiger partial charge in [-0.25, -0.2) is 8.78 Å². The molecule has 0 bridgehead atoms. The van der Waals surface area contributed by atoms with Crippen LogP contribution < -0.4 is 5.32 Å². The summed E-state index contributed by atoms with van der Waals surface area (Å²) in [5, 5.41) is 3.30. The molecule has 21 heavy (non-hydrogen) atoms. The first kappa shape index (κ1) is 16.4. The zero-order valence-electron chi connectivity index (χ0n) is 13.1. The normalized spacial score (nSPS) is 27.6. The van der Waals surface area contributed by atoms with E-state index in [0.717, 1.165) is 25.3 Å². The van der Waals surface area contributed by atoms with Gasteiger partial charge >= 0.3 is 0 Å². The van der Waals surface area contributed by atoms with Crippen molar-refractivity contribution in [1.82, 2.24) is 5.32 Å². The number of rotatable bonds is 5. The Hall–Kier alpha value is -1.00. The van der Waals surface area contributed by atoms with Gasteiger partial charge in [0.25, 0.3) is 0 Å². The van der Waals surface area contributed by atoms with Crippen LogP contribution in [-0.4, -0.2) is 25.8 Å². The lowest BCUT2D eigenvalue weighted by Crippen LogP contribution is -2.54. The van der Waals surface area contributed by atoms with Crippen LogP contribution in [0.1, 0.15) is 38.2 Å². The Bertz CT molecular complexity index is 460. The van der Waals surface area contributed by atoms with Crippen LogP contribution in [0.25, 0.3) is 0 Å². The molecule has 3 atom stereocenters. The maximum Gasteiger partial charge on any atom is 0.126 e. The standard InChI is InChI=1S/C17H25F2NO/c1-12-5-4-6-17(11-12,21-3)16(20-2)9-13-7-14(18)10-15(19)8-13/h7-8,10,12,16,20H,4-6,9,11H2,1-3H3. The quantitative estimate of drug-likeness (QED) is 0.895. The Labute approximate surface area is 125 Å². The van der Waals surface area contributed by atoms with Crippen molar-refractivity contribution in [1.29, 1.82) is 0 Å². The summed E-state index contributed by atoms with van der Waals surface area (Å²) < 4.78 is 32.6. The molecule has 0 heterocycles. The largest absolute Gasteiger partial charge is 0.377 e. The minimum absolute atomic E-state index is 0.0476. The van der Waals surface area contributed by atoms with Gasteiger partial charge in [-0.2, -0.15) is 0 Å². The van der Waals surface area contributed by atoms with Crippen LogP contribution in [0.5, 0.6) is 0 Å². The molecule has 1 aliphatic rings. The van der Waals surface area contributed by atoms with Crippen LogP contribution in [0.2, 0.25) is 0 Å². The molecule has 2 rings (SSSR count). The molecular formula is C17H25F2NO. The summed E-state index contributed by atoms with van der Waals surface area (Å²) in [6.07, 6.45) is 4.87. The Balaban J connectivity index is 2.21. The summed E-state index contributed by atoms with van der Waals surface area (Å²) in [5.41, 5.74) is 0.413. The van der Waals surface area contributed by atoms with Crippen LogP contribution in [0, 0.1) is 17.6 Å². The topological polar surface area (TPSA) is 21.3 Å². The first-order valence-corrected chi connectivity index (χ1v) is 7.66. The number of methoxy groups -OCH3 is 1. The second kappa shape index (κ2) is 6.84. The Morgan fingerprint density at radius 3 is 2.52 bits per heavy atom. The van der Waals surface area contributed by atoms with Gasteiger partial charge in [0, 0.05) is 19.2 Å². The van der Waals surface area contributed by atoms with Crippen molar-refractivity contribution in [2.24, 2.45) is 5.92 Å². The molecule has 0 spiro atoms. The van der Waals surface area contributed by atoms with Gasteiger partial charge in [-0.15, -0.1) is 0 Å². The Morgan fingerprint density at radius 1 is 1.33 bits per heavy atom. The minimum Gasteiger partial charge on any atom is -0.377 e. The lowest BCUT2D eigenvalue weighted by molar-refractivity contribution is -0.0775. The average molecular weight is 297 g/mol. The van der Waals surface area contributed by atoms with E-state index in [9.17, 15) is 8.78 Å². The van der Waals surface area contributed by atoms with Crippen molar-refractivity contribution in [3.63, 3.8) is 0 Å². The fourth-order valence-electron chi connectivity index (χ4n) is 3.70. The predicted molar refractivity (Wildman–Crippen MR) is 80.3 cm³/mol. The van der Waals surface area contributed by atoms with Gasteiger partial charge in [-0.3, -0.25) is 0 Å². The van der Waals surface area contributed by atoms with Crippen LogP contribution in [0.3, 0.4) is 0 Å². The predicted octanol–water partition coefficient (Wildman–Crippen LogP) is 3.69. The van der Waals surface area contributed by atoms with Gasteiger partial charge in [0.05, 0.1) is 5.60 Å². The molecule has 0 radical (unpaired) electrons. The van der Waals surface area contributed by atoms with Crippen LogP contribution in [0.15, 0.2) is 18.2 Å². The fourth-order valence-corrected chi connectivity index (χ4v) is 3.70. The zero-order valence-corrected chi connectivity index (χ0v) is 13.1. The number of benzene rings is 1. The molecule has 2 nitrogen and oxygen atoms in total. The molecule has 0 aromatic heterocycles. The van der Waals surface area contributed by atoms with Crippen molar-refractivity contribution < 1.29 is 13.5 Å². The van der Waals surface area contributed by atoms with E-state index in [1.165, 1.54) is 18.6 Å². The van der Waals surface area contributed by atoms with E-state index in [2.05, 4.69) is 12.2 Å². The van der Waals surface area contributed by atoms with Crippen molar-refractivity contribution in [3.05, 3.63) is 35.4 Å². The molecule has 3 unspecified atom stereocenters. The molecular weight excluding hydrogens is 272 g/mol. The van der Waals surface area contributed by atoms with Crippen LogP contribution in [-0.2, 0) is 11.2 Å². The smallest absolute Gasteiger partial charge is 0.126 e. The summed E-state index contributed by atoms with van der Waals surface area (Å²) >= 11 is 0.